The first-order valence-corrected chi connectivity index (χ1v) is 9.67. The van der Waals surface area contributed by atoms with Gasteiger partial charge >= 0.3 is 0 Å². The van der Waals surface area contributed by atoms with Gasteiger partial charge in [0.1, 0.15) is 5.82 Å². The van der Waals surface area contributed by atoms with E-state index in [4.69, 9.17) is 0 Å². The van der Waals surface area contributed by atoms with Crippen molar-refractivity contribution in [3.05, 3.63) is 64.7 Å². The van der Waals surface area contributed by atoms with E-state index in [1.807, 2.05) is 56.3 Å². The van der Waals surface area contributed by atoms with Crippen LogP contribution < -0.4 is 5.56 Å². The maximum atomic E-state index is 12.9. The van der Waals surface area contributed by atoms with Crippen molar-refractivity contribution in [1.29, 1.82) is 0 Å². The van der Waals surface area contributed by atoms with Crippen molar-refractivity contribution >= 4 is 39.4 Å². The number of amides is 1. The molecule has 0 bridgehead atoms. The Morgan fingerprint density at radius 1 is 1.11 bits per heavy atom. The number of aromatic nitrogens is 2. The van der Waals surface area contributed by atoms with E-state index in [1.165, 1.54) is 11.8 Å². The molecule has 0 atom stereocenters. The topological polar surface area (TPSA) is 67.6 Å². The van der Waals surface area contributed by atoms with Crippen molar-refractivity contribution < 1.29 is 4.79 Å². The number of hydrogen-bond acceptors (Lipinski definition) is 5. The van der Waals surface area contributed by atoms with Crippen molar-refractivity contribution in [1.82, 2.24) is 14.5 Å². The maximum Gasteiger partial charge on any atom is 0.265 e. The first-order chi connectivity index (χ1) is 13.1. The number of para-hydroxylation sites is 1. The summed E-state index contributed by atoms with van der Waals surface area (Å²) in [5, 5.41) is 1.31. The second kappa shape index (κ2) is 7.00. The minimum absolute atomic E-state index is 0.0854. The quantitative estimate of drug-likeness (QED) is 0.701. The van der Waals surface area contributed by atoms with E-state index in [0.717, 1.165) is 16.5 Å². The Morgan fingerprint density at radius 2 is 1.85 bits per heavy atom. The third-order valence-corrected chi connectivity index (χ3v) is 5.41. The van der Waals surface area contributed by atoms with Gasteiger partial charge in [0.25, 0.3) is 5.56 Å². The molecule has 3 aromatic rings. The molecule has 1 aliphatic rings. The molecule has 1 fully saturated rings. The van der Waals surface area contributed by atoms with Crippen LogP contribution in [0.2, 0.25) is 0 Å². The summed E-state index contributed by atoms with van der Waals surface area (Å²) in [6, 6.07) is 14.7. The monoisotopic (exact) mass is 378 g/mol. The van der Waals surface area contributed by atoms with Crippen molar-refractivity contribution in [2.24, 2.45) is 4.99 Å². The molecule has 1 amide bonds. The van der Waals surface area contributed by atoms with Gasteiger partial charge in [-0.05, 0) is 50.2 Å². The summed E-state index contributed by atoms with van der Waals surface area (Å²) in [7, 11) is 0. The average molecular weight is 378 g/mol. The van der Waals surface area contributed by atoms with Crippen molar-refractivity contribution in [3.8, 4) is 5.69 Å². The Morgan fingerprint density at radius 3 is 2.59 bits per heavy atom. The second-order valence-electron chi connectivity index (χ2n) is 6.15. The lowest BCUT2D eigenvalue weighted by molar-refractivity contribution is -0.123. The molecule has 0 N–H and O–H groups in total. The van der Waals surface area contributed by atoms with Crippen LogP contribution in [0.15, 0.2) is 58.3 Å². The van der Waals surface area contributed by atoms with Crippen LogP contribution in [0.5, 0.6) is 0 Å². The lowest BCUT2D eigenvalue weighted by atomic mass is 10.2. The van der Waals surface area contributed by atoms with Crippen LogP contribution in [0.1, 0.15) is 12.7 Å². The van der Waals surface area contributed by atoms with E-state index < -0.39 is 0 Å². The first kappa shape index (κ1) is 17.5. The summed E-state index contributed by atoms with van der Waals surface area (Å²) in [5.74, 6) is 1.15. The smallest absolute Gasteiger partial charge is 0.265 e. The second-order valence-corrected chi connectivity index (χ2v) is 7.10. The highest BCUT2D eigenvalue weighted by Gasteiger charge is 2.26. The molecule has 1 saturated heterocycles. The Labute approximate surface area is 160 Å². The zero-order valence-corrected chi connectivity index (χ0v) is 15.9. The number of nitrogens with zero attached hydrogens (tertiary/aromatic N) is 4. The van der Waals surface area contributed by atoms with Gasteiger partial charge in [-0.25, -0.2) is 9.98 Å². The number of benzene rings is 2. The lowest BCUT2D eigenvalue weighted by Crippen LogP contribution is -2.28. The average Bonchev–Trinajstić information content (AvgIpc) is 3.02. The van der Waals surface area contributed by atoms with E-state index >= 15 is 0 Å². The number of aryl methyl sites for hydroxylation is 1. The number of rotatable bonds is 3. The summed E-state index contributed by atoms with van der Waals surface area (Å²) < 4.78 is 1.60. The third-order valence-electron chi connectivity index (χ3n) is 4.45. The van der Waals surface area contributed by atoms with E-state index in [9.17, 15) is 9.59 Å². The molecule has 1 aliphatic heterocycles. The summed E-state index contributed by atoms with van der Waals surface area (Å²) >= 11 is 1.45. The number of aliphatic imine (C=N–C) groups is 1. The molecule has 0 unspecified atom stereocenters. The molecule has 2 aromatic carbocycles. The number of fused-ring (bicyclic) bond motifs is 1. The summed E-state index contributed by atoms with van der Waals surface area (Å²) in [6.45, 7) is 4.37. The normalized spacial score (nSPS) is 15.9. The molecule has 0 radical (unpaired) electrons. The number of carbonyl (C=O) groups excluding carboxylic acids is 1. The molecule has 2 heterocycles. The fraction of sp³-hybridized carbons (Fsp3) is 0.200. The molecule has 136 valence electrons. The number of amidine groups is 1. The van der Waals surface area contributed by atoms with Crippen LogP contribution in [-0.2, 0) is 4.79 Å². The third kappa shape index (κ3) is 3.14. The van der Waals surface area contributed by atoms with E-state index in [1.54, 1.807) is 15.5 Å². The SMILES string of the molecule is CCN1C(=O)CSC1=Nc1ccc(-n2c(C)nc3ccccc3c2=O)cc1. The molecule has 0 spiro atoms. The van der Waals surface area contributed by atoms with Crippen LogP contribution in [0.3, 0.4) is 0 Å². The molecule has 27 heavy (non-hydrogen) atoms. The molecule has 4 rings (SSSR count). The van der Waals surface area contributed by atoms with Gasteiger partial charge in [0.05, 0.1) is 28.0 Å². The van der Waals surface area contributed by atoms with Crippen LogP contribution in [0.25, 0.3) is 16.6 Å². The van der Waals surface area contributed by atoms with Crippen molar-refractivity contribution in [2.45, 2.75) is 13.8 Å². The van der Waals surface area contributed by atoms with Gasteiger partial charge in [-0.3, -0.25) is 19.1 Å². The van der Waals surface area contributed by atoms with Gasteiger partial charge in [-0.1, -0.05) is 23.9 Å². The molecule has 7 heteroatoms. The standard InChI is InChI=1S/C20H18N4O2S/c1-3-23-18(25)12-27-20(23)22-14-8-10-15(11-9-14)24-13(2)21-17-7-5-4-6-16(17)19(24)26/h4-11H,3,12H2,1-2H3. The predicted molar refractivity (Wildman–Crippen MR) is 109 cm³/mol. The highest BCUT2D eigenvalue weighted by atomic mass is 32.2. The molecular formula is C20H18N4O2S. The fourth-order valence-electron chi connectivity index (χ4n) is 3.13. The molecule has 6 nitrogen and oxygen atoms in total. The highest BCUT2D eigenvalue weighted by Crippen LogP contribution is 2.24. The Hall–Kier alpha value is -2.93. The zero-order chi connectivity index (χ0) is 19.0. The Kier molecular flexibility index (Phi) is 4.53. The number of thioether (sulfide) groups is 1. The molecule has 0 aliphatic carbocycles. The largest absolute Gasteiger partial charge is 0.291 e. The van der Waals surface area contributed by atoms with Crippen LogP contribution >= 0.6 is 11.8 Å². The van der Waals surface area contributed by atoms with Gasteiger partial charge in [0, 0.05) is 6.54 Å². The van der Waals surface area contributed by atoms with E-state index in [2.05, 4.69) is 9.98 Å². The molecular weight excluding hydrogens is 360 g/mol. The number of carbonyl (C=O) groups is 1. The van der Waals surface area contributed by atoms with Gasteiger partial charge in [-0.2, -0.15) is 0 Å². The minimum Gasteiger partial charge on any atom is -0.291 e. The molecule has 1 aromatic heterocycles. The maximum absolute atomic E-state index is 12.9. The van der Waals surface area contributed by atoms with Gasteiger partial charge < -0.3 is 0 Å². The van der Waals surface area contributed by atoms with Crippen LogP contribution in [0.4, 0.5) is 5.69 Å². The summed E-state index contributed by atoms with van der Waals surface area (Å²) in [6.07, 6.45) is 0. The Bertz CT molecular complexity index is 1120. The van der Waals surface area contributed by atoms with Gasteiger partial charge in [0.15, 0.2) is 5.17 Å². The van der Waals surface area contributed by atoms with Gasteiger partial charge in [0.2, 0.25) is 5.91 Å². The van der Waals surface area contributed by atoms with Crippen LogP contribution in [0, 0.1) is 6.92 Å². The lowest BCUT2D eigenvalue weighted by Gasteiger charge is -2.13. The van der Waals surface area contributed by atoms with Gasteiger partial charge in [-0.15, -0.1) is 0 Å². The highest BCUT2D eigenvalue weighted by molar-refractivity contribution is 8.15. The Balaban J connectivity index is 1.72. The fourth-order valence-corrected chi connectivity index (χ4v) is 4.09. The van der Waals surface area contributed by atoms with E-state index in [0.29, 0.717) is 29.0 Å². The zero-order valence-electron chi connectivity index (χ0n) is 15.0. The van der Waals surface area contributed by atoms with Crippen molar-refractivity contribution in [3.63, 3.8) is 0 Å². The number of hydrogen-bond donors (Lipinski definition) is 0. The summed E-state index contributed by atoms with van der Waals surface area (Å²) in [5.41, 5.74) is 2.09. The van der Waals surface area contributed by atoms with Crippen LogP contribution in [-0.4, -0.2) is 37.8 Å². The van der Waals surface area contributed by atoms with E-state index in [-0.39, 0.29) is 11.5 Å². The summed E-state index contributed by atoms with van der Waals surface area (Å²) in [4.78, 5) is 35.5. The minimum atomic E-state index is -0.0914. The predicted octanol–water partition coefficient (Wildman–Crippen LogP) is 3.28. The molecule has 0 saturated carbocycles. The first-order valence-electron chi connectivity index (χ1n) is 8.69. The van der Waals surface area contributed by atoms with Crippen molar-refractivity contribution in [2.75, 3.05) is 12.3 Å².